The summed E-state index contributed by atoms with van der Waals surface area (Å²) in [5.74, 6) is 0.145. The molecule has 1 aromatic heterocycles. The first-order chi connectivity index (χ1) is 9.70. The number of anilines is 2. The first-order valence-electron chi connectivity index (χ1n) is 6.32. The third kappa shape index (κ3) is 3.47. The van der Waals surface area contributed by atoms with E-state index in [2.05, 4.69) is 27.2 Å². The molecule has 0 spiro atoms. The lowest BCUT2D eigenvalue weighted by Crippen LogP contribution is -2.10. The number of rotatable bonds is 5. The first kappa shape index (κ1) is 13.9. The quantitative estimate of drug-likeness (QED) is 0.814. The van der Waals surface area contributed by atoms with Gasteiger partial charge in [0, 0.05) is 6.54 Å². The lowest BCUT2D eigenvalue weighted by atomic mass is 10.1. The molecule has 20 heavy (non-hydrogen) atoms. The molecule has 0 aliphatic carbocycles. The van der Waals surface area contributed by atoms with Crippen molar-refractivity contribution in [3.63, 3.8) is 0 Å². The number of carbonyl (C=O) groups is 1. The van der Waals surface area contributed by atoms with E-state index >= 15 is 0 Å². The summed E-state index contributed by atoms with van der Waals surface area (Å²) in [5, 5.41) is 3.17. The fraction of sp³-hybridized carbons (Fsp3) is 0.200. The summed E-state index contributed by atoms with van der Waals surface area (Å²) in [5.41, 5.74) is 7.57. The van der Waals surface area contributed by atoms with Gasteiger partial charge in [0.05, 0.1) is 24.6 Å². The van der Waals surface area contributed by atoms with Gasteiger partial charge in [-0.2, -0.15) is 0 Å². The van der Waals surface area contributed by atoms with Crippen LogP contribution in [0.3, 0.4) is 0 Å². The number of aromatic nitrogens is 1. The topological polar surface area (TPSA) is 77.2 Å². The summed E-state index contributed by atoms with van der Waals surface area (Å²) in [6, 6.07) is 11.7. The van der Waals surface area contributed by atoms with E-state index in [-0.39, 0.29) is 0 Å². The van der Waals surface area contributed by atoms with Gasteiger partial charge in [-0.1, -0.05) is 30.3 Å². The molecule has 0 bridgehead atoms. The van der Waals surface area contributed by atoms with Crippen LogP contribution in [0.4, 0.5) is 11.5 Å². The zero-order valence-corrected chi connectivity index (χ0v) is 11.3. The summed E-state index contributed by atoms with van der Waals surface area (Å²) in [4.78, 5) is 15.7. The van der Waals surface area contributed by atoms with Crippen LogP contribution in [0.15, 0.2) is 42.6 Å². The fourth-order valence-electron chi connectivity index (χ4n) is 1.83. The Bertz CT molecular complexity index is 585. The van der Waals surface area contributed by atoms with E-state index < -0.39 is 5.97 Å². The van der Waals surface area contributed by atoms with Gasteiger partial charge >= 0.3 is 5.97 Å². The van der Waals surface area contributed by atoms with Crippen molar-refractivity contribution in [3.8, 4) is 0 Å². The smallest absolute Gasteiger partial charge is 0.340 e. The number of ether oxygens (including phenoxy) is 1. The van der Waals surface area contributed by atoms with Crippen molar-refractivity contribution in [2.45, 2.75) is 6.42 Å². The number of nitrogens with one attached hydrogen (secondary N) is 1. The second kappa shape index (κ2) is 6.56. The molecular weight excluding hydrogens is 254 g/mol. The van der Waals surface area contributed by atoms with E-state index in [9.17, 15) is 4.79 Å². The summed E-state index contributed by atoms with van der Waals surface area (Å²) < 4.78 is 4.67. The van der Waals surface area contributed by atoms with Crippen LogP contribution in [-0.2, 0) is 11.2 Å². The van der Waals surface area contributed by atoms with Crippen LogP contribution in [0.25, 0.3) is 0 Å². The molecule has 5 heteroatoms. The van der Waals surface area contributed by atoms with Crippen molar-refractivity contribution < 1.29 is 9.53 Å². The second-order valence-electron chi connectivity index (χ2n) is 4.31. The molecule has 2 rings (SSSR count). The summed E-state index contributed by atoms with van der Waals surface area (Å²) in [6.07, 6.45) is 2.33. The summed E-state index contributed by atoms with van der Waals surface area (Å²) in [7, 11) is 1.32. The van der Waals surface area contributed by atoms with Crippen molar-refractivity contribution in [1.29, 1.82) is 0 Å². The minimum Gasteiger partial charge on any atom is -0.465 e. The molecule has 5 nitrogen and oxygen atoms in total. The Kier molecular flexibility index (Phi) is 4.55. The van der Waals surface area contributed by atoms with E-state index in [1.54, 1.807) is 6.07 Å². The number of benzene rings is 1. The van der Waals surface area contributed by atoms with Crippen molar-refractivity contribution in [1.82, 2.24) is 4.98 Å². The first-order valence-corrected chi connectivity index (χ1v) is 6.32. The van der Waals surface area contributed by atoms with E-state index in [0.717, 1.165) is 13.0 Å². The van der Waals surface area contributed by atoms with Crippen LogP contribution in [0.2, 0.25) is 0 Å². The molecule has 0 aliphatic rings. The van der Waals surface area contributed by atoms with Crippen LogP contribution >= 0.6 is 0 Å². The number of pyridine rings is 1. The van der Waals surface area contributed by atoms with Crippen LogP contribution in [0.1, 0.15) is 15.9 Å². The average molecular weight is 271 g/mol. The standard InChI is InChI=1S/C15H17N3O2/c1-20-15(19)12-9-14(18-10-13(12)16)17-8-7-11-5-3-2-4-6-11/h2-6,9-10H,7-8,16H2,1H3,(H,17,18). The molecule has 0 saturated heterocycles. The van der Waals surface area contributed by atoms with Gasteiger partial charge in [0.15, 0.2) is 0 Å². The maximum absolute atomic E-state index is 11.5. The molecule has 1 aromatic carbocycles. The maximum atomic E-state index is 11.5. The molecule has 0 saturated carbocycles. The SMILES string of the molecule is COC(=O)c1cc(NCCc2ccccc2)ncc1N. The molecule has 0 radical (unpaired) electrons. The monoisotopic (exact) mass is 271 g/mol. The number of nitrogens with two attached hydrogens (primary N) is 1. The number of hydrogen-bond acceptors (Lipinski definition) is 5. The summed E-state index contributed by atoms with van der Waals surface area (Å²) in [6.45, 7) is 0.724. The zero-order chi connectivity index (χ0) is 14.4. The van der Waals surface area contributed by atoms with Crippen LogP contribution in [0, 0.1) is 0 Å². The normalized spacial score (nSPS) is 10.1. The predicted octanol–water partition coefficient (Wildman–Crippen LogP) is 2.10. The number of methoxy groups -OCH3 is 1. The average Bonchev–Trinajstić information content (AvgIpc) is 2.49. The predicted molar refractivity (Wildman–Crippen MR) is 78.6 cm³/mol. The summed E-state index contributed by atoms with van der Waals surface area (Å²) >= 11 is 0. The minimum atomic E-state index is -0.462. The zero-order valence-electron chi connectivity index (χ0n) is 11.3. The highest BCUT2D eigenvalue weighted by Gasteiger charge is 2.11. The molecule has 2 aromatic rings. The highest BCUT2D eigenvalue weighted by atomic mass is 16.5. The van der Waals surface area contributed by atoms with Gasteiger partial charge in [-0.25, -0.2) is 9.78 Å². The molecule has 0 unspecified atom stereocenters. The molecule has 1 heterocycles. The molecular formula is C15H17N3O2. The van der Waals surface area contributed by atoms with Crippen molar-refractivity contribution in [3.05, 3.63) is 53.7 Å². The minimum absolute atomic E-state index is 0.311. The highest BCUT2D eigenvalue weighted by molar-refractivity contribution is 5.95. The molecule has 0 fully saturated rings. The lowest BCUT2D eigenvalue weighted by Gasteiger charge is -2.08. The number of carbonyl (C=O) groups excluding carboxylic acids is 1. The Labute approximate surface area is 117 Å². The molecule has 0 aliphatic heterocycles. The largest absolute Gasteiger partial charge is 0.465 e. The molecule has 0 amide bonds. The lowest BCUT2D eigenvalue weighted by molar-refractivity contribution is 0.0602. The Morgan fingerprint density at radius 2 is 2.10 bits per heavy atom. The van der Waals surface area contributed by atoms with Gasteiger partial charge < -0.3 is 15.8 Å². The Hall–Kier alpha value is -2.56. The van der Waals surface area contributed by atoms with Gasteiger partial charge in [0.2, 0.25) is 0 Å². The van der Waals surface area contributed by atoms with Crippen LogP contribution < -0.4 is 11.1 Å². The van der Waals surface area contributed by atoms with Crippen molar-refractivity contribution in [2.75, 3.05) is 24.7 Å². The van der Waals surface area contributed by atoms with Gasteiger partial charge in [-0.05, 0) is 18.1 Å². The van der Waals surface area contributed by atoms with Gasteiger partial charge in [0.25, 0.3) is 0 Å². The molecule has 0 atom stereocenters. The Morgan fingerprint density at radius 1 is 1.35 bits per heavy atom. The van der Waals surface area contributed by atoms with E-state index in [0.29, 0.717) is 17.1 Å². The van der Waals surface area contributed by atoms with E-state index in [4.69, 9.17) is 5.73 Å². The number of nitrogens with zero attached hydrogens (tertiary/aromatic N) is 1. The molecule has 3 N–H and O–H groups in total. The van der Waals surface area contributed by atoms with Gasteiger partial charge in [-0.3, -0.25) is 0 Å². The van der Waals surface area contributed by atoms with Crippen molar-refractivity contribution in [2.24, 2.45) is 0 Å². The van der Waals surface area contributed by atoms with Gasteiger partial charge in [0.1, 0.15) is 5.82 Å². The maximum Gasteiger partial charge on any atom is 0.340 e. The third-order valence-corrected chi connectivity index (χ3v) is 2.90. The highest BCUT2D eigenvalue weighted by Crippen LogP contribution is 2.15. The van der Waals surface area contributed by atoms with E-state index in [1.807, 2.05) is 18.2 Å². The number of esters is 1. The van der Waals surface area contributed by atoms with Crippen LogP contribution in [-0.4, -0.2) is 24.6 Å². The van der Waals surface area contributed by atoms with E-state index in [1.165, 1.54) is 18.9 Å². The Balaban J connectivity index is 1.98. The Morgan fingerprint density at radius 3 is 2.80 bits per heavy atom. The number of nitrogen functional groups attached to an aromatic ring is 1. The third-order valence-electron chi connectivity index (χ3n) is 2.90. The fourth-order valence-corrected chi connectivity index (χ4v) is 1.83. The number of hydrogen-bond donors (Lipinski definition) is 2. The second-order valence-corrected chi connectivity index (χ2v) is 4.31. The van der Waals surface area contributed by atoms with Crippen LogP contribution in [0.5, 0.6) is 0 Å². The van der Waals surface area contributed by atoms with Crippen molar-refractivity contribution >= 4 is 17.5 Å². The van der Waals surface area contributed by atoms with Gasteiger partial charge in [-0.15, -0.1) is 0 Å². The molecule has 104 valence electrons.